The van der Waals surface area contributed by atoms with Gasteiger partial charge in [0.2, 0.25) is 5.91 Å². The Balaban J connectivity index is 1.59. The molecule has 2 amide bonds. The molecule has 1 aliphatic heterocycles. The van der Waals surface area contributed by atoms with Crippen LogP contribution in [0.2, 0.25) is 0 Å². The van der Waals surface area contributed by atoms with Gasteiger partial charge in [-0.3, -0.25) is 14.3 Å². The van der Waals surface area contributed by atoms with E-state index in [4.69, 9.17) is 0 Å². The number of hydrogen-bond acceptors (Lipinski definition) is 4. The van der Waals surface area contributed by atoms with E-state index in [0.717, 1.165) is 6.07 Å². The van der Waals surface area contributed by atoms with Crippen molar-refractivity contribution in [2.75, 3.05) is 5.32 Å². The maximum atomic E-state index is 14.9. The Morgan fingerprint density at radius 2 is 1.86 bits per heavy atom. The van der Waals surface area contributed by atoms with E-state index in [1.807, 2.05) is 0 Å². The summed E-state index contributed by atoms with van der Waals surface area (Å²) in [7, 11) is 1.53. The van der Waals surface area contributed by atoms with Crippen molar-refractivity contribution in [1.29, 1.82) is 0 Å². The van der Waals surface area contributed by atoms with E-state index < -0.39 is 34.6 Å². The number of benzene rings is 2. The third kappa shape index (κ3) is 4.80. The molecule has 0 aliphatic carbocycles. The monoisotopic (exact) mass is 509 g/mol. The van der Waals surface area contributed by atoms with Crippen LogP contribution < -0.4 is 10.6 Å². The van der Waals surface area contributed by atoms with Crippen LogP contribution in [-0.2, 0) is 31.0 Å². The molecule has 2 aromatic carbocycles. The smallest absolute Gasteiger partial charge is 0.352 e. The van der Waals surface area contributed by atoms with E-state index in [1.54, 1.807) is 36.4 Å². The second-order valence-corrected chi connectivity index (χ2v) is 8.51. The van der Waals surface area contributed by atoms with Crippen LogP contribution in [0.1, 0.15) is 27.2 Å². The second kappa shape index (κ2) is 9.16. The highest BCUT2D eigenvalue weighted by atomic mass is 19.4. The highest BCUT2D eigenvalue weighted by Crippen LogP contribution is 2.38. The number of rotatable bonds is 4. The Kier molecular flexibility index (Phi) is 5.98. The van der Waals surface area contributed by atoms with Crippen LogP contribution in [0.25, 0.3) is 22.5 Å². The first kappa shape index (κ1) is 24.2. The number of carbonyl (C=O) groups is 2. The maximum Gasteiger partial charge on any atom is 0.417 e. The fourth-order valence-electron chi connectivity index (χ4n) is 4.16. The first-order valence-corrected chi connectivity index (χ1v) is 11.2. The molecule has 4 aromatic rings. The molecular formula is C26H19F4N5O2. The standard InChI is InChI=1S/C26H19F4N5O2/c1-35-8-7-20(34-35)16-10-17(19(27)11-18(16)26(28,29)30)25(37)33-22-9-15-13-31-23(36)12-21(15)32-24(22)14-5-3-2-4-6-14/h2-11H,12-13H2,1H3,(H,31,36)(H,33,37). The van der Waals surface area contributed by atoms with Gasteiger partial charge in [0.15, 0.2) is 0 Å². The molecule has 0 saturated carbocycles. The molecule has 0 unspecified atom stereocenters. The Hall–Kier alpha value is -4.54. The van der Waals surface area contributed by atoms with Crippen molar-refractivity contribution in [2.45, 2.75) is 19.1 Å². The minimum absolute atomic E-state index is 0.0555. The Morgan fingerprint density at radius 1 is 1.11 bits per heavy atom. The van der Waals surface area contributed by atoms with Crippen molar-refractivity contribution in [3.8, 4) is 22.5 Å². The van der Waals surface area contributed by atoms with E-state index in [2.05, 4.69) is 20.7 Å². The van der Waals surface area contributed by atoms with Crippen molar-refractivity contribution in [2.24, 2.45) is 7.05 Å². The van der Waals surface area contributed by atoms with Gasteiger partial charge < -0.3 is 10.6 Å². The summed E-state index contributed by atoms with van der Waals surface area (Å²) in [5, 5.41) is 9.30. The lowest BCUT2D eigenvalue weighted by molar-refractivity contribution is -0.137. The van der Waals surface area contributed by atoms with Crippen molar-refractivity contribution >= 4 is 17.5 Å². The van der Waals surface area contributed by atoms with Crippen LogP contribution >= 0.6 is 0 Å². The molecule has 2 aromatic heterocycles. The number of nitrogens with zero attached hydrogens (tertiary/aromatic N) is 3. The molecule has 0 fully saturated rings. The number of pyridine rings is 1. The van der Waals surface area contributed by atoms with E-state index in [-0.39, 0.29) is 30.3 Å². The molecule has 1 aliphatic rings. The first-order chi connectivity index (χ1) is 17.6. The van der Waals surface area contributed by atoms with Gasteiger partial charge in [-0.05, 0) is 29.8 Å². The molecule has 0 atom stereocenters. The summed E-state index contributed by atoms with van der Waals surface area (Å²) in [4.78, 5) is 29.7. The van der Waals surface area contributed by atoms with Gasteiger partial charge in [0.05, 0.1) is 40.3 Å². The normalized spacial score (nSPS) is 13.2. The van der Waals surface area contributed by atoms with Gasteiger partial charge >= 0.3 is 6.18 Å². The van der Waals surface area contributed by atoms with E-state index in [1.165, 1.54) is 24.0 Å². The van der Waals surface area contributed by atoms with Gasteiger partial charge in [-0.25, -0.2) is 9.37 Å². The van der Waals surface area contributed by atoms with Crippen molar-refractivity contribution in [1.82, 2.24) is 20.1 Å². The molecule has 5 rings (SSSR count). The summed E-state index contributed by atoms with van der Waals surface area (Å²) in [5.41, 5.74) is 0.109. The number of fused-ring (bicyclic) bond motifs is 1. The highest BCUT2D eigenvalue weighted by Gasteiger charge is 2.36. The molecule has 188 valence electrons. The molecule has 2 N–H and O–H groups in total. The fourth-order valence-corrected chi connectivity index (χ4v) is 4.16. The summed E-state index contributed by atoms with van der Waals surface area (Å²) in [6.07, 6.45) is -3.36. The van der Waals surface area contributed by atoms with Gasteiger partial charge in [-0.1, -0.05) is 30.3 Å². The number of alkyl halides is 3. The van der Waals surface area contributed by atoms with Crippen LogP contribution in [0.15, 0.2) is 60.8 Å². The third-order valence-corrected chi connectivity index (χ3v) is 5.94. The average Bonchev–Trinajstić information content (AvgIpc) is 3.29. The van der Waals surface area contributed by atoms with E-state index in [0.29, 0.717) is 28.6 Å². The lowest BCUT2D eigenvalue weighted by atomic mass is 9.99. The number of hydrogen-bond donors (Lipinski definition) is 2. The molecular weight excluding hydrogens is 490 g/mol. The second-order valence-electron chi connectivity index (χ2n) is 8.51. The quantitative estimate of drug-likeness (QED) is 0.390. The zero-order chi connectivity index (χ0) is 26.3. The van der Waals surface area contributed by atoms with Crippen molar-refractivity contribution < 1.29 is 27.2 Å². The minimum atomic E-state index is -4.87. The van der Waals surface area contributed by atoms with Crippen LogP contribution in [-0.4, -0.2) is 26.6 Å². The zero-order valence-electron chi connectivity index (χ0n) is 19.4. The number of anilines is 1. The predicted molar refractivity (Wildman–Crippen MR) is 127 cm³/mol. The summed E-state index contributed by atoms with van der Waals surface area (Å²) >= 11 is 0. The van der Waals surface area contributed by atoms with Crippen LogP contribution in [0.3, 0.4) is 0 Å². The topological polar surface area (TPSA) is 88.9 Å². The lowest BCUT2D eigenvalue weighted by Crippen LogP contribution is -2.31. The van der Waals surface area contributed by atoms with Gasteiger partial charge in [0.1, 0.15) is 5.82 Å². The zero-order valence-corrected chi connectivity index (χ0v) is 19.4. The van der Waals surface area contributed by atoms with E-state index >= 15 is 0 Å². The number of aromatic nitrogens is 3. The third-order valence-electron chi connectivity index (χ3n) is 5.94. The molecule has 0 radical (unpaired) electrons. The molecule has 0 spiro atoms. The molecule has 37 heavy (non-hydrogen) atoms. The number of nitrogens with one attached hydrogen (secondary N) is 2. The molecule has 7 nitrogen and oxygen atoms in total. The highest BCUT2D eigenvalue weighted by molar-refractivity contribution is 6.07. The van der Waals surface area contributed by atoms with Crippen LogP contribution in [0, 0.1) is 5.82 Å². The van der Waals surface area contributed by atoms with Gasteiger partial charge in [-0.2, -0.15) is 18.3 Å². The Morgan fingerprint density at radius 3 is 2.54 bits per heavy atom. The van der Waals surface area contributed by atoms with Crippen LogP contribution in [0.4, 0.5) is 23.2 Å². The SMILES string of the molecule is Cn1ccc(-c2cc(C(=O)Nc3cc4c(nc3-c3ccccc3)CC(=O)NC4)c(F)cc2C(F)(F)F)n1. The summed E-state index contributed by atoms with van der Waals surface area (Å²) < 4.78 is 57.3. The first-order valence-electron chi connectivity index (χ1n) is 11.2. The Bertz CT molecular complexity index is 1530. The molecule has 11 heteroatoms. The minimum Gasteiger partial charge on any atom is -0.352 e. The molecule has 3 heterocycles. The molecule has 0 bridgehead atoms. The lowest BCUT2D eigenvalue weighted by Gasteiger charge is -2.20. The largest absolute Gasteiger partial charge is 0.417 e. The van der Waals surface area contributed by atoms with Gasteiger partial charge in [0.25, 0.3) is 5.91 Å². The predicted octanol–water partition coefficient (Wildman–Crippen LogP) is 4.73. The van der Waals surface area contributed by atoms with E-state index in [9.17, 15) is 27.2 Å². The van der Waals surface area contributed by atoms with Crippen molar-refractivity contribution in [3.05, 3.63) is 89.0 Å². The Labute approximate surface area is 208 Å². The number of halogens is 4. The molecule has 0 saturated heterocycles. The van der Waals surface area contributed by atoms with Gasteiger partial charge in [-0.15, -0.1) is 0 Å². The van der Waals surface area contributed by atoms with Crippen molar-refractivity contribution in [3.63, 3.8) is 0 Å². The number of amides is 2. The maximum absolute atomic E-state index is 14.9. The number of carbonyl (C=O) groups excluding carboxylic acids is 2. The van der Waals surface area contributed by atoms with Crippen LogP contribution in [0.5, 0.6) is 0 Å². The average molecular weight is 509 g/mol. The summed E-state index contributed by atoms with van der Waals surface area (Å²) in [6, 6.07) is 13.0. The van der Waals surface area contributed by atoms with Gasteiger partial charge in [0, 0.05) is 30.9 Å². The summed E-state index contributed by atoms with van der Waals surface area (Å²) in [5.74, 6) is -2.48. The fraction of sp³-hybridized carbons (Fsp3) is 0.154. The number of aryl methyl sites for hydroxylation is 1. The summed E-state index contributed by atoms with van der Waals surface area (Å²) in [6.45, 7) is 0.192.